The van der Waals surface area contributed by atoms with Crippen LogP contribution in [0, 0.1) is 0 Å². The third-order valence-electron chi connectivity index (χ3n) is 5.78. The summed E-state index contributed by atoms with van der Waals surface area (Å²) in [7, 11) is -1.30. The molecule has 178 valence electrons. The predicted molar refractivity (Wildman–Crippen MR) is 117 cm³/mol. The lowest BCUT2D eigenvalue weighted by Crippen LogP contribution is -2.49. The van der Waals surface area contributed by atoms with Crippen LogP contribution in [0.25, 0.3) is 0 Å². The Balaban J connectivity index is 1.46. The summed E-state index contributed by atoms with van der Waals surface area (Å²) in [5, 5.41) is 0. The third kappa shape index (κ3) is 5.04. The zero-order valence-electron chi connectivity index (χ0n) is 18.5. The molecule has 0 saturated carbocycles. The molecule has 9 nitrogen and oxygen atoms in total. The first-order valence-electron chi connectivity index (χ1n) is 10.5. The monoisotopic (exact) mass is 477 g/mol. The Bertz CT molecular complexity index is 1050. The molecule has 2 aliphatic heterocycles. The van der Waals surface area contributed by atoms with Gasteiger partial charge >= 0.3 is 5.97 Å². The highest BCUT2D eigenvalue weighted by Gasteiger charge is 2.55. The van der Waals surface area contributed by atoms with Crippen LogP contribution in [0.4, 0.5) is 0 Å². The molecule has 0 aliphatic carbocycles. The van der Waals surface area contributed by atoms with Gasteiger partial charge in [0.15, 0.2) is 5.79 Å². The van der Waals surface area contributed by atoms with E-state index in [-0.39, 0.29) is 37.2 Å². The molecule has 0 N–H and O–H groups in total. The molecule has 0 unspecified atom stereocenters. The second-order valence-corrected chi connectivity index (χ2v) is 9.81. The van der Waals surface area contributed by atoms with Crippen molar-refractivity contribution in [2.24, 2.45) is 0 Å². The Kier molecular flexibility index (Phi) is 7.01. The fourth-order valence-electron chi connectivity index (χ4n) is 3.95. The predicted octanol–water partition coefficient (Wildman–Crippen LogP) is 1.96. The highest BCUT2D eigenvalue weighted by Crippen LogP contribution is 2.38. The van der Waals surface area contributed by atoms with Crippen LogP contribution in [-0.2, 0) is 40.4 Å². The molecule has 2 saturated heterocycles. The quantitative estimate of drug-likeness (QED) is 0.558. The van der Waals surface area contributed by atoms with E-state index >= 15 is 0 Å². The molecule has 0 bridgehead atoms. The molecular formula is C23H27NO8S. The molecule has 10 heteroatoms. The van der Waals surface area contributed by atoms with E-state index in [1.807, 2.05) is 30.3 Å². The number of sulfonamides is 1. The van der Waals surface area contributed by atoms with Crippen molar-refractivity contribution in [2.75, 3.05) is 34.0 Å². The molecule has 2 aromatic rings. The maximum Gasteiger partial charge on any atom is 0.324 e. The number of carbonyl (C=O) groups is 1. The highest BCUT2D eigenvalue weighted by molar-refractivity contribution is 7.89. The van der Waals surface area contributed by atoms with Crippen molar-refractivity contribution in [2.45, 2.75) is 35.9 Å². The first-order valence-corrected chi connectivity index (χ1v) is 12.0. The molecule has 0 aromatic heterocycles. The number of hydrogen-bond acceptors (Lipinski definition) is 8. The summed E-state index contributed by atoms with van der Waals surface area (Å²) in [6, 6.07) is 14.6. The van der Waals surface area contributed by atoms with Crippen LogP contribution in [0.1, 0.15) is 12.0 Å². The minimum atomic E-state index is -4.02. The van der Waals surface area contributed by atoms with Gasteiger partial charge in [-0.25, -0.2) is 8.42 Å². The van der Waals surface area contributed by atoms with Crippen LogP contribution in [0.15, 0.2) is 59.5 Å². The van der Waals surface area contributed by atoms with E-state index in [1.165, 1.54) is 26.4 Å². The Morgan fingerprint density at radius 3 is 2.33 bits per heavy atom. The van der Waals surface area contributed by atoms with E-state index in [9.17, 15) is 13.2 Å². The number of rotatable bonds is 7. The summed E-state index contributed by atoms with van der Waals surface area (Å²) in [5.41, 5.74) is 1.03. The molecule has 0 amide bonds. The number of benzene rings is 2. The molecule has 2 fully saturated rings. The van der Waals surface area contributed by atoms with E-state index in [1.54, 1.807) is 12.1 Å². The van der Waals surface area contributed by atoms with E-state index in [4.69, 9.17) is 23.7 Å². The van der Waals surface area contributed by atoms with E-state index in [2.05, 4.69) is 0 Å². The van der Waals surface area contributed by atoms with Gasteiger partial charge in [-0.15, -0.1) is 0 Å². The van der Waals surface area contributed by atoms with Gasteiger partial charge in [-0.2, -0.15) is 4.31 Å². The van der Waals surface area contributed by atoms with Gasteiger partial charge in [0.2, 0.25) is 10.0 Å². The lowest BCUT2D eigenvalue weighted by molar-refractivity contribution is -0.290. The summed E-state index contributed by atoms with van der Waals surface area (Å²) in [4.78, 5) is 12.5. The minimum absolute atomic E-state index is 0.0282. The first-order chi connectivity index (χ1) is 15.9. The summed E-state index contributed by atoms with van der Waals surface area (Å²) in [6.07, 6.45) is -0.278. The maximum atomic E-state index is 13.4. The first kappa shape index (κ1) is 23.7. The van der Waals surface area contributed by atoms with Crippen LogP contribution >= 0.6 is 0 Å². The summed E-state index contributed by atoms with van der Waals surface area (Å²) in [6.45, 7) is 0.717. The molecule has 2 aromatic carbocycles. The number of hydrogen-bond donors (Lipinski definition) is 0. The van der Waals surface area contributed by atoms with Crippen LogP contribution in [0.2, 0.25) is 0 Å². The molecule has 4 rings (SSSR count). The third-order valence-corrected chi connectivity index (χ3v) is 7.65. The summed E-state index contributed by atoms with van der Waals surface area (Å²) in [5.74, 6) is -1.39. The Hall–Kier alpha value is -2.50. The lowest BCUT2D eigenvalue weighted by Gasteiger charge is -2.37. The van der Waals surface area contributed by atoms with Crippen LogP contribution in [0.3, 0.4) is 0 Å². The van der Waals surface area contributed by atoms with Gasteiger partial charge in [-0.05, 0) is 29.8 Å². The van der Waals surface area contributed by atoms with Crippen molar-refractivity contribution in [3.63, 3.8) is 0 Å². The van der Waals surface area contributed by atoms with Crippen molar-refractivity contribution in [3.8, 4) is 5.75 Å². The van der Waals surface area contributed by atoms with Gasteiger partial charge < -0.3 is 23.7 Å². The number of methoxy groups -OCH3 is 2. The maximum absolute atomic E-state index is 13.4. The number of ether oxygens (including phenoxy) is 5. The van der Waals surface area contributed by atoms with E-state index in [0.29, 0.717) is 12.4 Å². The zero-order chi connectivity index (χ0) is 23.5. The molecule has 2 heterocycles. The van der Waals surface area contributed by atoms with Gasteiger partial charge in [0.25, 0.3) is 0 Å². The van der Waals surface area contributed by atoms with Gasteiger partial charge in [0.1, 0.15) is 17.9 Å². The Morgan fingerprint density at radius 1 is 1.06 bits per heavy atom. The smallest absolute Gasteiger partial charge is 0.324 e. The minimum Gasteiger partial charge on any atom is -0.497 e. The van der Waals surface area contributed by atoms with Crippen molar-refractivity contribution in [1.82, 2.24) is 4.31 Å². The standard InChI is InChI=1S/C23H27NO8S/c1-28-18-8-10-20(11-9-18)33(26,27)24-16-23(12-21(24)22(25)29-2)31-14-19(15-32-23)30-13-17-6-4-3-5-7-17/h3-11,19,21H,12-16H2,1-2H3/t19?,21-,23?/m1/s1. The van der Waals surface area contributed by atoms with Gasteiger partial charge in [0.05, 0.1) is 45.5 Å². The summed E-state index contributed by atoms with van der Waals surface area (Å²) < 4.78 is 55.6. The largest absolute Gasteiger partial charge is 0.497 e. The molecule has 0 radical (unpaired) electrons. The normalized spacial score (nSPS) is 25.8. The second-order valence-electron chi connectivity index (χ2n) is 7.92. The Morgan fingerprint density at radius 2 is 1.73 bits per heavy atom. The van der Waals surface area contributed by atoms with Gasteiger partial charge in [-0.1, -0.05) is 30.3 Å². The topological polar surface area (TPSA) is 101 Å². The molecule has 2 aliphatic rings. The second kappa shape index (κ2) is 9.78. The van der Waals surface area contributed by atoms with Crippen molar-refractivity contribution < 1.29 is 36.9 Å². The summed E-state index contributed by atoms with van der Waals surface area (Å²) >= 11 is 0. The number of nitrogens with zero attached hydrogens (tertiary/aromatic N) is 1. The van der Waals surface area contributed by atoms with Crippen LogP contribution < -0.4 is 4.74 Å². The van der Waals surface area contributed by atoms with E-state index < -0.39 is 27.8 Å². The van der Waals surface area contributed by atoms with Crippen molar-refractivity contribution in [1.29, 1.82) is 0 Å². The molecule has 1 spiro atoms. The zero-order valence-corrected chi connectivity index (χ0v) is 19.3. The Labute approximate surface area is 193 Å². The average Bonchev–Trinajstić information content (AvgIpc) is 3.24. The van der Waals surface area contributed by atoms with Crippen molar-refractivity contribution in [3.05, 3.63) is 60.2 Å². The van der Waals surface area contributed by atoms with E-state index in [0.717, 1.165) is 9.87 Å². The number of esters is 1. The average molecular weight is 478 g/mol. The molecule has 33 heavy (non-hydrogen) atoms. The molecular weight excluding hydrogens is 450 g/mol. The highest BCUT2D eigenvalue weighted by atomic mass is 32.2. The SMILES string of the molecule is COC(=O)[C@H]1CC2(CN1S(=O)(=O)c1ccc(OC)cc1)OCC(OCc1ccccc1)CO2. The van der Waals surface area contributed by atoms with Crippen LogP contribution in [0.5, 0.6) is 5.75 Å². The fraction of sp³-hybridized carbons (Fsp3) is 0.435. The van der Waals surface area contributed by atoms with Gasteiger partial charge in [0, 0.05) is 6.42 Å². The van der Waals surface area contributed by atoms with Crippen molar-refractivity contribution >= 4 is 16.0 Å². The number of carbonyl (C=O) groups excluding carboxylic acids is 1. The molecule has 1 atom stereocenters. The fourth-order valence-corrected chi connectivity index (χ4v) is 5.57. The van der Waals surface area contributed by atoms with Gasteiger partial charge in [-0.3, -0.25) is 4.79 Å². The van der Waals surface area contributed by atoms with Crippen LogP contribution in [-0.4, -0.2) is 70.6 Å². The lowest BCUT2D eigenvalue weighted by atomic mass is 10.1.